The molecule has 1 aliphatic heterocycles. The van der Waals surface area contributed by atoms with Crippen LogP contribution in [0.2, 0.25) is 0 Å². The number of carbonyl (C=O) groups excluding carboxylic acids is 1. The first kappa shape index (κ1) is 9.98. The van der Waals surface area contributed by atoms with Crippen LogP contribution in [0.25, 0.3) is 0 Å². The number of amides is 1. The van der Waals surface area contributed by atoms with Crippen LogP contribution >= 0.6 is 0 Å². The second-order valence-electron chi connectivity index (χ2n) is 3.68. The third-order valence-electron chi connectivity index (χ3n) is 2.50. The minimum Gasteiger partial charge on any atom is -0.508 e. The van der Waals surface area contributed by atoms with Crippen LogP contribution in [0.5, 0.6) is 5.75 Å². The van der Waals surface area contributed by atoms with Gasteiger partial charge in [-0.25, -0.2) is 5.01 Å². The van der Waals surface area contributed by atoms with Crippen LogP contribution in [0.15, 0.2) is 24.3 Å². The van der Waals surface area contributed by atoms with Crippen molar-refractivity contribution in [1.82, 2.24) is 10.4 Å². The van der Waals surface area contributed by atoms with E-state index in [4.69, 9.17) is 5.11 Å². The highest BCUT2D eigenvalue weighted by molar-refractivity contribution is 5.93. The average Bonchev–Trinajstić information content (AvgIpc) is 2.71. The van der Waals surface area contributed by atoms with Gasteiger partial charge < -0.3 is 5.11 Å². The number of hydrogen-bond acceptors (Lipinski definition) is 3. The molecule has 1 aromatic rings. The SMILES string of the molecule is O=C(NN1CCCC1)c1ccc(O)cc1. The van der Waals surface area contributed by atoms with Crippen LogP contribution in [-0.2, 0) is 0 Å². The van der Waals surface area contributed by atoms with E-state index in [-0.39, 0.29) is 11.7 Å². The minimum atomic E-state index is -0.114. The van der Waals surface area contributed by atoms with Crippen molar-refractivity contribution in [2.75, 3.05) is 13.1 Å². The Bertz CT molecular complexity index is 342. The molecule has 0 bridgehead atoms. The van der Waals surface area contributed by atoms with Gasteiger partial charge in [0.25, 0.3) is 5.91 Å². The quantitative estimate of drug-likeness (QED) is 0.762. The molecule has 1 heterocycles. The van der Waals surface area contributed by atoms with Crippen LogP contribution in [0.3, 0.4) is 0 Å². The maximum atomic E-state index is 11.7. The molecule has 80 valence electrons. The number of carbonyl (C=O) groups is 1. The van der Waals surface area contributed by atoms with Gasteiger partial charge in [0.1, 0.15) is 5.75 Å². The molecule has 1 fully saturated rings. The van der Waals surface area contributed by atoms with Crippen molar-refractivity contribution in [1.29, 1.82) is 0 Å². The van der Waals surface area contributed by atoms with Crippen molar-refractivity contribution in [2.45, 2.75) is 12.8 Å². The zero-order valence-electron chi connectivity index (χ0n) is 8.44. The maximum absolute atomic E-state index is 11.7. The fraction of sp³-hybridized carbons (Fsp3) is 0.364. The van der Waals surface area contributed by atoms with Crippen LogP contribution < -0.4 is 5.43 Å². The summed E-state index contributed by atoms with van der Waals surface area (Å²) in [6.07, 6.45) is 2.27. The minimum absolute atomic E-state index is 0.114. The van der Waals surface area contributed by atoms with Gasteiger partial charge in [0.15, 0.2) is 0 Å². The van der Waals surface area contributed by atoms with E-state index in [1.165, 1.54) is 12.1 Å². The lowest BCUT2D eigenvalue weighted by Gasteiger charge is -2.15. The summed E-state index contributed by atoms with van der Waals surface area (Å²) in [4.78, 5) is 11.7. The molecule has 1 amide bonds. The Kier molecular flexibility index (Phi) is 2.87. The van der Waals surface area contributed by atoms with Crippen molar-refractivity contribution >= 4 is 5.91 Å². The molecule has 4 nitrogen and oxygen atoms in total. The van der Waals surface area contributed by atoms with Gasteiger partial charge in [0.05, 0.1) is 0 Å². The van der Waals surface area contributed by atoms with Gasteiger partial charge in [0, 0.05) is 18.7 Å². The molecule has 0 saturated carbocycles. The highest BCUT2D eigenvalue weighted by Gasteiger charge is 2.14. The summed E-state index contributed by atoms with van der Waals surface area (Å²) in [5.41, 5.74) is 3.40. The van der Waals surface area contributed by atoms with E-state index in [1.54, 1.807) is 12.1 Å². The number of nitrogens with one attached hydrogen (secondary N) is 1. The number of hydrazine groups is 1. The van der Waals surface area contributed by atoms with Crippen molar-refractivity contribution in [3.05, 3.63) is 29.8 Å². The normalized spacial score (nSPS) is 16.5. The summed E-state index contributed by atoms with van der Waals surface area (Å²) in [6, 6.07) is 6.25. The second kappa shape index (κ2) is 4.31. The molecule has 0 aromatic heterocycles. The lowest BCUT2D eigenvalue weighted by molar-refractivity contribution is 0.0826. The third kappa shape index (κ3) is 2.47. The lowest BCUT2D eigenvalue weighted by Crippen LogP contribution is -2.39. The van der Waals surface area contributed by atoms with E-state index in [0.29, 0.717) is 5.56 Å². The molecule has 4 heteroatoms. The van der Waals surface area contributed by atoms with Gasteiger partial charge in [-0.2, -0.15) is 0 Å². The van der Waals surface area contributed by atoms with Gasteiger partial charge >= 0.3 is 0 Å². The van der Waals surface area contributed by atoms with Crippen molar-refractivity contribution in [3.63, 3.8) is 0 Å². The van der Waals surface area contributed by atoms with Crippen LogP contribution in [0, 0.1) is 0 Å². The first-order valence-electron chi connectivity index (χ1n) is 5.11. The molecule has 0 spiro atoms. The van der Waals surface area contributed by atoms with Gasteiger partial charge in [-0.1, -0.05) is 0 Å². The highest BCUT2D eigenvalue weighted by Crippen LogP contribution is 2.10. The Morgan fingerprint density at radius 3 is 2.40 bits per heavy atom. The molecule has 0 unspecified atom stereocenters. The average molecular weight is 206 g/mol. The van der Waals surface area contributed by atoms with E-state index < -0.39 is 0 Å². The molecule has 1 saturated heterocycles. The van der Waals surface area contributed by atoms with Crippen molar-refractivity contribution in [2.24, 2.45) is 0 Å². The number of rotatable bonds is 2. The van der Waals surface area contributed by atoms with E-state index in [0.717, 1.165) is 25.9 Å². The fourth-order valence-corrected chi connectivity index (χ4v) is 1.65. The Balaban J connectivity index is 1.98. The van der Waals surface area contributed by atoms with E-state index in [1.807, 2.05) is 5.01 Å². The van der Waals surface area contributed by atoms with E-state index in [9.17, 15) is 4.79 Å². The van der Waals surface area contributed by atoms with E-state index >= 15 is 0 Å². The summed E-state index contributed by atoms with van der Waals surface area (Å²) in [5, 5.41) is 11.0. The first-order chi connectivity index (χ1) is 7.25. The Labute approximate surface area is 88.5 Å². The predicted molar refractivity (Wildman–Crippen MR) is 56.4 cm³/mol. The van der Waals surface area contributed by atoms with Crippen molar-refractivity contribution in [3.8, 4) is 5.75 Å². The highest BCUT2D eigenvalue weighted by atomic mass is 16.3. The summed E-state index contributed by atoms with van der Waals surface area (Å²) in [6.45, 7) is 1.84. The number of phenols is 1. The molecule has 2 rings (SSSR count). The summed E-state index contributed by atoms with van der Waals surface area (Å²) >= 11 is 0. The smallest absolute Gasteiger partial charge is 0.265 e. The Hall–Kier alpha value is -1.55. The molecule has 1 aliphatic rings. The number of benzene rings is 1. The molecule has 1 aromatic carbocycles. The number of phenolic OH excluding ortho intramolecular Hbond substituents is 1. The zero-order chi connectivity index (χ0) is 10.7. The molecular weight excluding hydrogens is 192 g/mol. The number of hydrogen-bond donors (Lipinski definition) is 2. The standard InChI is InChI=1S/C11H14N2O2/c14-10-5-3-9(4-6-10)11(15)12-13-7-1-2-8-13/h3-6,14H,1-2,7-8H2,(H,12,15). The molecular formula is C11H14N2O2. The number of aromatic hydroxyl groups is 1. The van der Waals surface area contributed by atoms with Crippen LogP contribution in [-0.4, -0.2) is 29.1 Å². The largest absolute Gasteiger partial charge is 0.508 e. The molecule has 2 N–H and O–H groups in total. The van der Waals surface area contributed by atoms with Gasteiger partial charge in [0.2, 0.25) is 0 Å². The van der Waals surface area contributed by atoms with E-state index in [2.05, 4.69) is 5.43 Å². The number of nitrogens with zero attached hydrogens (tertiary/aromatic N) is 1. The molecule has 0 aliphatic carbocycles. The first-order valence-corrected chi connectivity index (χ1v) is 5.11. The zero-order valence-corrected chi connectivity index (χ0v) is 8.44. The third-order valence-corrected chi connectivity index (χ3v) is 2.50. The van der Waals surface area contributed by atoms with Gasteiger partial charge in [-0.3, -0.25) is 10.2 Å². The lowest BCUT2D eigenvalue weighted by atomic mass is 10.2. The molecule has 0 atom stereocenters. The topological polar surface area (TPSA) is 52.6 Å². The Morgan fingerprint density at radius 2 is 1.80 bits per heavy atom. The summed E-state index contributed by atoms with van der Waals surface area (Å²) < 4.78 is 0. The summed E-state index contributed by atoms with van der Waals surface area (Å²) in [5.74, 6) is 0.0598. The van der Waals surface area contributed by atoms with Gasteiger partial charge in [-0.15, -0.1) is 0 Å². The van der Waals surface area contributed by atoms with Gasteiger partial charge in [-0.05, 0) is 37.1 Å². The second-order valence-corrected chi connectivity index (χ2v) is 3.68. The fourth-order valence-electron chi connectivity index (χ4n) is 1.65. The predicted octanol–water partition coefficient (Wildman–Crippen LogP) is 1.13. The molecule has 0 radical (unpaired) electrons. The van der Waals surface area contributed by atoms with Crippen LogP contribution in [0.1, 0.15) is 23.2 Å². The Morgan fingerprint density at radius 1 is 1.20 bits per heavy atom. The summed E-state index contributed by atoms with van der Waals surface area (Å²) in [7, 11) is 0. The maximum Gasteiger partial charge on any atom is 0.265 e. The monoisotopic (exact) mass is 206 g/mol. The molecule has 15 heavy (non-hydrogen) atoms. The van der Waals surface area contributed by atoms with Crippen LogP contribution in [0.4, 0.5) is 0 Å². The van der Waals surface area contributed by atoms with Crippen molar-refractivity contribution < 1.29 is 9.90 Å².